The molecule has 1 aliphatic rings. The molecule has 0 aromatic heterocycles. The number of ether oxygens (including phenoxy) is 2. The first-order chi connectivity index (χ1) is 14.5. The van der Waals surface area contributed by atoms with Crippen LogP contribution in [0.2, 0.25) is 0 Å². The Balaban J connectivity index is 1.97. The largest absolute Gasteiger partial charge is 0.497 e. The minimum absolute atomic E-state index is 0.00547. The van der Waals surface area contributed by atoms with Crippen molar-refractivity contribution in [3.8, 4) is 11.5 Å². The molecule has 1 amide bonds. The van der Waals surface area contributed by atoms with Gasteiger partial charge >= 0.3 is 0 Å². The smallest absolute Gasteiger partial charge is 0.257 e. The van der Waals surface area contributed by atoms with Gasteiger partial charge in [-0.3, -0.25) is 9.69 Å². The molecule has 0 N–H and O–H groups in total. The summed E-state index contributed by atoms with van der Waals surface area (Å²) in [6.07, 6.45) is 0.619. The van der Waals surface area contributed by atoms with Crippen molar-refractivity contribution in [1.29, 1.82) is 0 Å². The van der Waals surface area contributed by atoms with Crippen LogP contribution in [-0.2, 0) is 4.79 Å². The predicted octanol–water partition coefficient (Wildman–Crippen LogP) is 4.49. The number of benzene rings is 2. The van der Waals surface area contributed by atoms with Crippen LogP contribution in [0.3, 0.4) is 0 Å². The van der Waals surface area contributed by atoms with E-state index in [0.717, 1.165) is 34.4 Å². The van der Waals surface area contributed by atoms with Crippen LogP contribution in [0.4, 0.5) is 0 Å². The van der Waals surface area contributed by atoms with Crippen LogP contribution in [-0.4, -0.2) is 55.4 Å². The molecule has 3 rings (SSSR count). The Kier molecular flexibility index (Phi) is 7.50. The minimum atomic E-state index is -0.150. The summed E-state index contributed by atoms with van der Waals surface area (Å²) in [7, 11) is 3.25. The van der Waals surface area contributed by atoms with Crippen molar-refractivity contribution in [3.63, 3.8) is 0 Å². The van der Waals surface area contributed by atoms with Crippen LogP contribution < -0.4 is 9.47 Å². The highest BCUT2D eigenvalue weighted by Crippen LogP contribution is 2.36. The topological polar surface area (TPSA) is 54.4 Å². The summed E-state index contributed by atoms with van der Waals surface area (Å²) in [6.45, 7) is 6.11. The maximum absolute atomic E-state index is 13.2. The highest BCUT2D eigenvalue weighted by Gasteiger charge is 2.34. The van der Waals surface area contributed by atoms with E-state index >= 15 is 0 Å². The Morgan fingerprint density at radius 2 is 1.83 bits per heavy atom. The second-order valence-corrected chi connectivity index (χ2v) is 8.00. The lowest BCUT2D eigenvalue weighted by molar-refractivity contribution is -0.134. The number of hydrogen-bond acceptors (Lipinski definition) is 5. The predicted molar refractivity (Wildman–Crippen MR) is 122 cm³/mol. The summed E-state index contributed by atoms with van der Waals surface area (Å²) in [4.78, 5) is 15.3. The molecule has 1 heterocycles. The molecular weight excluding hydrogens is 446 g/mol. The third-order valence-corrected chi connectivity index (χ3v) is 5.92. The normalized spacial score (nSPS) is 16.0. The van der Waals surface area contributed by atoms with E-state index in [-0.39, 0.29) is 11.9 Å². The molecule has 0 saturated heterocycles. The summed E-state index contributed by atoms with van der Waals surface area (Å²) in [5, 5.41) is 6.40. The molecule has 0 spiro atoms. The van der Waals surface area contributed by atoms with Crippen molar-refractivity contribution >= 4 is 27.5 Å². The Bertz CT molecular complexity index is 910. The van der Waals surface area contributed by atoms with Gasteiger partial charge in [0.05, 0.1) is 32.5 Å². The van der Waals surface area contributed by atoms with Gasteiger partial charge in [-0.25, -0.2) is 5.01 Å². The van der Waals surface area contributed by atoms with E-state index in [2.05, 4.69) is 34.7 Å². The van der Waals surface area contributed by atoms with Crippen molar-refractivity contribution in [2.24, 2.45) is 5.10 Å². The average Bonchev–Trinajstić information content (AvgIpc) is 3.22. The maximum atomic E-state index is 13.2. The number of rotatable bonds is 8. The van der Waals surface area contributed by atoms with Crippen molar-refractivity contribution in [1.82, 2.24) is 9.91 Å². The molecule has 0 aliphatic carbocycles. The number of halogens is 1. The van der Waals surface area contributed by atoms with E-state index in [1.54, 1.807) is 19.2 Å². The minimum Gasteiger partial charge on any atom is -0.497 e. The molecule has 2 aromatic carbocycles. The third kappa shape index (κ3) is 4.84. The van der Waals surface area contributed by atoms with Gasteiger partial charge in [0, 0.05) is 22.5 Å². The van der Waals surface area contributed by atoms with Gasteiger partial charge in [-0.15, -0.1) is 0 Å². The van der Waals surface area contributed by atoms with Crippen LogP contribution in [0, 0.1) is 0 Å². The first-order valence-corrected chi connectivity index (χ1v) is 10.9. The summed E-state index contributed by atoms with van der Waals surface area (Å²) in [6, 6.07) is 13.6. The molecule has 0 bridgehead atoms. The summed E-state index contributed by atoms with van der Waals surface area (Å²) in [5.41, 5.74) is 2.76. The molecule has 1 unspecified atom stereocenters. The number of nitrogens with zero attached hydrogens (tertiary/aromatic N) is 3. The average molecular weight is 474 g/mol. The lowest BCUT2D eigenvalue weighted by Gasteiger charge is -2.25. The van der Waals surface area contributed by atoms with Crippen LogP contribution in [0.5, 0.6) is 11.5 Å². The third-order valence-electron chi connectivity index (χ3n) is 5.39. The highest BCUT2D eigenvalue weighted by molar-refractivity contribution is 9.10. The molecule has 2 aromatic rings. The molecule has 0 saturated carbocycles. The number of hydrazone groups is 1. The molecule has 160 valence electrons. The molecule has 7 heteroatoms. The quantitative estimate of drug-likeness (QED) is 0.566. The zero-order chi connectivity index (χ0) is 21.7. The Hall–Kier alpha value is -2.38. The Labute approximate surface area is 186 Å². The van der Waals surface area contributed by atoms with Gasteiger partial charge < -0.3 is 9.47 Å². The lowest BCUT2D eigenvalue weighted by Crippen LogP contribution is -2.38. The fourth-order valence-electron chi connectivity index (χ4n) is 3.60. The standard InChI is InChI=1S/C23H28BrN3O3/c1-5-26(6-2)15-23(28)27-21(16-7-9-17(24)10-8-16)14-20(25-27)19-12-11-18(29-3)13-22(19)30-4/h7-13,21H,5-6,14-15H2,1-4H3. The highest BCUT2D eigenvalue weighted by atomic mass is 79.9. The van der Waals surface area contributed by atoms with Gasteiger partial charge in [-0.1, -0.05) is 41.9 Å². The summed E-state index contributed by atoms with van der Waals surface area (Å²) >= 11 is 3.49. The first kappa shape index (κ1) is 22.3. The number of carbonyl (C=O) groups excluding carboxylic acids is 1. The van der Waals surface area contributed by atoms with Crippen LogP contribution >= 0.6 is 15.9 Å². The van der Waals surface area contributed by atoms with E-state index in [1.807, 2.05) is 42.5 Å². The van der Waals surface area contributed by atoms with Crippen molar-refractivity contribution in [2.75, 3.05) is 33.9 Å². The van der Waals surface area contributed by atoms with E-state index < -0.39 is 0 Å². The lowest BCUT2D eigenvalue weighted by atomic mass is 9.98. The molecule has 1 atom stereocenters. The van der Waals surface area contributed by atoms with Crippen LogP contribution in [0.15, 0.2) is 52.0 Å². The zero-order valence-electron chi connectivity index (χ0n) is 17.9. The molecule has 0 radical (unpaired) electrons. The second-order valence-electron chi connectivity index (χ2n) is 7.08. The van der Waals surface area contributed by atoms with Gasteiger partial charge in [-0.05, 0) is 42.9 Å². The summed E-state index contributed by atoms with van der Waals surface area (Å²) in [5.74, 6) is 1.39. The number of likely N-dealkylation sites (N-methyl/N-ethyl adjacent to an activating group) is 1. The molecule has 1 aliphatic heterocycles. The second kappa shape index (κ2) is 10.1. The fourth-order valence-corrected chi connectivity index (χ4v) is 3.86. The van der Waals surface area contributed by atoms with Crippen molar-refractivity contribution < 1.29 is 14.3 Å². The van der Waals surface area contributed by atoms with Crippen LogP contribution in [0.25, 0.3) is 0 Å². The number of amides is 1. The Morgan fingerprint density at radius 3 is 2.43 bits per heavy atom. The molecular formula is C23H28BrN3O3. The number of hydrogen-bond donors (Lipinski definition) is 0. The van der Waals surface area contributed by atoms with Gasteiger partial charge in [-0.2, -0.15) is 5.10 Å². The molecule has 0 fully saturated rings. The Morgan fingerprint density at radius 1 is 1.13 bits per heavy atom. The van der Waals surface area contributed by atoms with Crippen molar-refractivity contribution in [2.45, 2.75) is 26.3 Å². The van der Waals surface area contributed by atoms with E-state index in [1.165, 1.54) is 0 Å². The number of carbonyl (C=O) groups is 1. The van der Waals surface area contributed by atoms with Gasteiger partial charge in [0.1, 0.15) is 11.5 Å². The number of methoxy groups -OCH3 is 2. The van der Waals surface area contributed by atoms with Gasteiger partial charge in [0.25, 0.3) is 5.91 Å². The molecule has 6 nitrogen and oxygen atoms in total. The summed E-state index contributed by atoms with van der Waals surface area (Å²) < 4.78 is 11.9. The van der Waals surface area contributed by atoms with Gasteiger partial charge in [0.2, 0.25) is 0 Å². The van der Waals surface area contributed by atoms with Crippen molar-refractivity contribution in [3.05, 3.63) is 58.1 Å². The maximum Gasteiger partial charge on any atom is 0.257 e. The first-order valence-electron chi connectivity index (χ1n) is 10.1. The van der Waals surface area contributed by atoms with E-state index in [9.17, 15) is 4.79 Å². The van der Waals surface area contributed by atoms with E-state index in [4.69, 9.17) is 14.6 Å². The SMILES string of the molecule is CCN(CC)CC(=O)N1N=C(c2ccc(OC)cc2OC)CC1c1ccc(Br)cc1. The van der Waals surface area contributed by atoms with E-state index in [0.29, 0.717) is 24.5 Å². The van der Waals surface area contributed by atoms with Crippen LogP contribution in [0.1, 0.15) is 37.4 Å². The molecule has 30 heavy (non-hydrogen) atoms. The van der Waals surface area contributed by atoms with Gasteiger partial charge in [0.15, 0.2) is 0 Å². The fraction of sp³-hybridized carbons (Fsp3) is 0.391. The zero-order valence-corrected chi connectivity index (χ0v) is 19.5. The monoisotopic (exact) mass is 473 g/mol.